The lowest BCUT2D eigenvalue weighted by Gasteiger charge is -2.10. The number of halogens is 1. The number of rotatable bonds is 3. The van der Waals surface area contributed by atoms with Gasteiger partial charge >= 0.3 is 5.97 Å². The molecule has 0 aromatic rings. The van der Waals surface area contributed by atoms with Crippen LogP contribution in [0.15, 0.2) is 12.2 Å². The fourth-order valence-corrected chi connectivity index (χ4v) is 0.385. The Bertz CT molecular complexity index is 136. The maximum atomic E-state index is 10.7. The van der Waals surface area contributed by atoms with Gasteiger partial charge in [-0.05, 0) is 13.8 Å². The maximum Gasteiger partial charge on any atom is 0.349 e. The molecule has 0 aromatic carbocycles. The third-order valence-electron chi connectivity index (χ3n) is 0.994. The molecule has 0 amide bonds. The van der Waals surface area contributed by atoms with Gasteiger partial charge in [0.05, 0.1) is 0 Å². The monoisotopic (exact) mass is 223 g/mol. The fraction of sp³-hybridized carbons (Fsp3) is 0.571. The molecule has 0 radical (unpaired) electrons. The molecule has 0 fully saturated rings. The van der Waals surface area contributed by atoms with Crippen molar-refractivity contribution < 1.29 is 9.63 Å². The molecule has 0 aliphatic rings. The Morgan fingerprint density at radius 1 is 1.64 bits per heavy atom. The van der Waals surface area contributed by atoms with E-state index in [1.165, 1.54) is 11.1 Å². The van der Waals surface area contributed by atoms with Crippen LogP contribution in [0.2, 0.25) is 0 Å². The zero-order chi connectivity index (χ0) is 7.98. The van der Waals surface area contributed by atoms with Crippen LogP contribution < -0.4 is 0 Å². The van der Waals surface area contributed by atoms with Crippen molar-refractivity contribution in [1.82, 2.24) is 5.06 Å². The lowest BCUT2D eigenvalue weighted by atomic mass is 10.5. The van der Waals surface area contributed by atoms with Crippen LogP contribution in [0.4, 0.5) is 0 Å². The summed E-state index contributed by atoms with van der Waals surface area (Å²) in [7, 11) is 1.71. The zero-order valence-electron chi connectivity index (χ0n) is 7.03. The molecule has 66 valence electrons. The van der Waals surface area contributed by atoms with Crippen LogP contribution >= 0.6 is 17.0 Å². The Balaban J connectivity index is 0. The van der Waals surface area contributed by atoms with Crippen molar-refractivity contribution in [3.05, 3.63) is 12.2 Å². The van der Waals surface area contributed by atoms with E-state index in [2.05, 4.69) is 0 Å². The molecule has 0 aliphatic carbocycles. The van der Waals surface area contributed by atoms with E-state index >= 15 is 0 Å². The maximum absolute atomic E-state index is 10.7. The summed E-state index contributed by atoms with van der Waals surface area (Å²) in [5.41, 5.74) is 0. The summed E-state index contributed by atoms with van der Waals surface area (Å²) >= 11 is 0. The summed E-state index contributed by atoms with van der Waals surface area (Å²) in [6, 6.07) is 0. The van der Waals surface area contributed by atoms with Gasteiger partial charge in [-0.3, -0.25) is 0 Å². The minimum atomic E-state index is -0.327. The van der Waals surface area contributed by atoms with E-state index in [1.807, 2.05) is 6.92 Å². The molecule has 0 heterocycles. The van der Waals surface area contributed by atoms with E-state index in [0.717, 1.165) is 0 Å². The topological polar surface area (TPSA) is 29.5 Å². The molecular formula is C7H14BrNO2. The summed E-state index contributed by atoms with van der Waals surface area (Å²) in [6.45, 7) is 4.37. The Hall–Kier alpha value is -0.350. The van der Waals surface area contributed by atoms with E-state index < -0.39 is 0 Å². The van der Waals surface area contributed by atoms with Gasteiger partial charge in [0, 0.05) is 19.7 Å². The van der Waals surface area contributed by atoms with Gasteiger partial charge in [0.15, 0.2) is 0 Å². The standard InChI is InChI=1S/C7H13NO2.BrH/c1-4-6-7(9)10-8(3)5-2;/h4,6H,5H2,1-3H3;1H. The van der Waals surface area contributed by atoms with Crippen molar-refractivity contribution in [3.8, 4) is 0 Å². The number of carbonyl (C=O) groups is 1. The molecule has 0 aliphatic heterocycles. The highest BCUT2D eigenvalue weighted by Gasteiger charge is 1.98. The average molecular weight is 224 g/mol. The van der Waals surface area contributed by atoms with Crippen LogP contribution in [-0.2, 0) is 9.63 Å². The number of nitrogens with zero attached hydrogens (tertiary/aromatic N) is 1. The summed E-state index contributed by atoms with van der Waals surface area (Å²) in [5.74, 6) is -0.327. The predicted molar refractivity (Wildman–Crippen MR) is 49.5 cm³/mol. The van der Waals surface area contributed by atoms with E-state index in [0.29, 0.717) is 6.54 Å². The van der Waals surface area contributed by atoms with Gasteiger partial charge in [-0.1, -0.05) is 6.08 Å². The molecule has 4 heteroatoms. The number of carbonyl (C=O) groups excluding carboxylic acids is 1. The summed E-state index contributed by atoms with van der Waals surface area (Å²) in [4.78, 5) is 15.4. The van der Waals surface area contributed by atoms with Gasteiger partial charge in [0.1, 0.15) is 0 Å². The molecular weight excluding hydrogens is 210 g/mol. The van der Waals surface area contributed by atoms with E-state index in [1.54, 1.807) is 20.0 Å². The Morgan fingerprint density at radius 2 is 2.18 bits per heavy atom. The molecule has 0 spiro atoms. The summed E-state index contributed by atoms with van der Waals surface area (Å²) in [5, 5.41) is 1.47. The van der Waals surface area contributed by atoms with Crippen LogP contribution in [0.25, 0.3) is 0 Å². The van der Waals surface area contributed by atoms with Gasteiger partial charge < -0.3 is 4.84 Å². The lowest BCUT2D eigenvalue weighted by molar-refractivity contribution is -0.176. The number of hydrogen-bond donors (Lipinski definition) is 0. The molecule has 0 saturated carbocycles. The molecule has 0 rings (SSSR count). The van der Waals surface area contributed by atoms with E-state index in [-0.39, 0.29) is 23.0 Å². The lowest BCUT2D eigenvalue weighted by Crippen LogP contribution is -2.21. The van der Waals surface area contributed by atoms with Gasteiger partial charge in [0.2, 0.25) is 0 Å². The highest BCUT2D eigenvalue weighted by molar-refractivity contribution is 8.93. The molecule has 0 atom stereocenters. The molecule has 0 unspecified atom stereocenters. The second kappa shape index (κ2) is 7.75. The minimum Gasteiger partial charge on any atom is -0.365 e. The number of hydroxylamine groups is 2. The summed E-state index contributed by atoms with van der Waals surface area (Å²) in [6.07, 6.45) is 3.03. The van der Waals surface area contributed by atoms with Gasteiger partial charge in [-0.2, -0.15) is 0 Å². The molecule has 0 bridgehead atoms. The van der Waals surface area contributed by atoms with Gasteiger partial charge in [-0.25, -0.2) is 4.79 Å². The van der Waals surface area contributed by atoms with Gasteiger partial charge in [0.25, 0.3) is 0 Å². The molecule has 11 heavy (non-hydrogen) atoms. The smallest absolute Gasteiger partial charge is 0.349 e. The van der Waals surface area contributed by atoms with Crippen molar-refractivity contribution in [3.63, 3.8) is 0 Å². The zero-order valence-corrected chi connectivity index (χ0v) is 8.75. The quantitative estimate of drug-likeness (QED) is 0.538. The molecule has 0 saturated heterocycles. The summed E-state index contributed by atoms with van der Waals surface area (Å²) < 4.78 is 0. The molecule has 3 nitrogen and oxygen atoms in total. The van der Waals surface area contributed by atoms with Crippen LogP contribution in [-0.4, -0.2) is 24.6 Å². The first-order chi connectivity index (χ1) is 4.70. The van der Waals surface area contributed by atoms with Crippen molar-refractivity contribution >= 4 is 23.0 Å². The Kier molecular flexibility index (Phi) is 9.34. The average Bonchev–Trinajstić information content (AvgIpc) is 1.88. The second-order valence-electron chi connectivity index (χ2n) is 1.85. The first-order valence-corrected chi connectivity index (χ1v) is 3.26. The highest BCUT2D eigenvalue weighted by atomic mass is 79.9. The minimum absolute atomic E-state index is 0. The van der Waals surface area contributed by atoms with Crippen molar-refractivity contribution in [2.75, 3.05) is 13.6 Å². The third kappa shape index (κ3) is 7.55. The second-order valence-corrected chi connectivity index (χ2v) is 1.85. The Morgan fingerprint density at radius 3 is 2.55 bits per heavy atom. The van der Waals surface area contributed by atoms with Crippen molar-refractivity contribution in [1.29, 1.82) is 0 Å². The highest BCUT2D eigenvalue weighted by Crippen LogP contribution is 1.86. The largest absolute Gasteiger partial charge is 0.365 e. The van der Waals surface area contributed by atoms with E-state index in [4.69, 9.17) is 4.84 Å². The van der Waals surface area contributed by atoms with Crippen LogP contribution in [0.3, 0.4) is 0 Å². The SMILES string of the molecule is Br.CC=CC(=O)ON(C)CC. The van der Waals surface area contributed by atoms with Crippen LogP contribution in [0, 0.1) is 0 Å². The van der Waals surface area contributed by atoms with Crippen molar-refractivity contribution in [2.24, 2.45) is 0 Å². The normalized spacial score (nSPS) is 9.82. The van der Waals surface area contributed by atoms with Crippen LogP contribution in [0.1, 0.15) is 13.8 Å². The first-order valence-electron chi connectivity index (χ1n) is 3.26. The number of allylic oxidation sites excluding steroid dienone is 1. The van der Waals surface area contributed by atoms with Gasteiger partial charge in [-0.15, -0.1) is 22.0 Å². The fourth-order valence-electron chi connectivity index (χ4n) is 0.385. The Labute approximate surface area is 77.7 Å². The number of hydrogen-bond acceptors (Lipinski definition) is 3. The molecule has 0 aromatic heterocycles. The molecule has 0 N–H and O–H groups in total. The van der Waals surface area contributed by atoms with E-state index in [9.17, 15) is 4.79 Å². The van der Waals surface area contributed by atoms with Crippen molar-refractivity contribution in [2.45, 2.75) is 13.8 Å². The first kappa shape index (κ1) is 13.3. The van der Waals surface area contributed by atoms with Crippen LogP contribution in [0.5, 0.6) is 0 Å². The third-order valence-corrected chi connectivity index (χ3v) is 0.994. The predicted octanol–water partition coefficient (Wildman–Crippen LogP) is 1.55.